The molecule has 17 heavy (non-hydrogen) atoms. The van der Waals surface area contributed by atoms with Crippen LogP contribution in [-0.4, -0.2) is 12.5 Å². The third-order valence-corrected chi connectivity index (χ3v) is 2.87. The van der Waals surface area contributed by atoms with Crippen LogP contribution in [0.5, 0.6) is 0 Å². The quantitative estimate of drug-likeness (QED) is 0.780. The Morgan fingerprint density at radius 3 is 2.88 bits per heavy atom. The van der Waals surface area contributed by atoms with Gasteiger partial charge in [-0.2, -0.15) is 0 Å². The highest BCUT2D eigenvalue weighted by atomic mass is 16.1. The fraction of sp³-hybridized carbons (Fsp3) is 0.357. The van der Waals surface area contributed by atoms with Crippen molar-refractivity contribution in [2.45, 2.75) is 26.9 Å². The van der Waals surface area contributed by atoms with Crippen molar-refractivity contribution >= 4 is 5.91 Å². The number of carbonyl (C=O) groups excluding carboxylic acids is 1. The van der Waals surface area contributed by atoms with Gasteiger partial charge in [-0.05, 0) is 37.1 Å². The Bertz CT molecular complexity index is 459. The van der Waals surface area contributed by atoms with E-state index in [2.05, 4.69) is 10.6 Å². The Morgan fingerprint density at radius 2 is 2.12 bits per heavy atom. The molecule has 1 aromatic carbocycles. The van der Waals surface area contributed by atoms with E-state index in [0.717, 1.165) is 18.7 Å². The van der Waals surface area contributed by atoms with Crippen molar-refractivity contribution in [3.8, 4) is 0 Å². The summed E-state index contributed by atoms with van der Waals surface area (Å²) in [5.41, 5.74) is 4.49. The van der Waals surface area contributed by atoms with E-state index in [0.29, 0.717) is 6.54 Å². The number of fused-ring (bicyclic) bond motifs is 1. The van der Waals surface area contributed by atoms with Gasteiger partial charge in [-0.15, -0.1) is 0 Å². The Morgan fingerprint density at radius 1 is 1.35 bits per heavy atom. The number of nitrogens with one attached hydrogen (secondary N) is 2. The van der Waals surface area contributed by atoms with E-state index in [-0.39, 0.29) is 5.91 Å². The van der Waals surface area contributed by atoms with Gasteiger partial charge in [0.1, 0.15) is 0 Å². The standard InChI is InChI=1S/C14H18N2O/c1-10(2)5-6-16-14(17)11-3-4-12-8-15-9-13(12)7-11/h3-5,7,15H,6,8-9H2,1-2H3,(H,16,17). The van der Waals surface area contributed by atoms with Crippen molar-refractivity contribution in [1.82, 2.24) is 10.6 Å². The van der Waals surface area contributed by atoms with Gasteiger partial charge in [0.15, 0.2) is 0 Å². The number of rotatable bonds is 3. The number of hydrogen-bond acceptors (Lipinski definition) is 2. The Balaban J connectivity index is 2.02. The van der Waals surface area contributed by atoms with Gasteiger partial charge < -0.3 is 10.6 Å². The molecule has 1 aromatic rings. The highest BCUT2D eigenvalue weighted by Crippen LogP contribution is 2.16. The first-order valence-electron chi connectivity index (χ1n) is 5.91. The zero-order valence-corrected chi connectivity index (χ0v) is 10.3. The average Bonchev–Trinajstić information content (AvgIpc) is 2.75. The van der Waals surface area contributed by atoms with Gasteiger partial charge in [0, 0.05) is 25.2 Å². The largest absolute Gasteiger partial charge is 0.349 e. The van der Waals surface area contributed by atoms with E-state index in [1.54, 1.807) is 0 Å². The molecule has 0 saturated heterocycles. The van der Waals surface area contributed by atoms with Crippen molar-refractivity contribution in [1.29, 1.82) is 0 Å². The number of benzene rings is 1. The van der Waals surface area contributed by atoms with Crippen molar-refractivity contribution in [3.63, 3.8) is 0 Å². The number of carbonyl (C=O) groups is 1. The minimum absolute atomic E-state index is 0.00259. The first-order chi connectivity index (χ1) is 8.16. The van der Waals surface area contributed by atoms with Gasteiger partial charge in [-0.1, -0.05) is 17.7 Å². The Kier molecular flexibility index (Phi) is 3.59. The fourth-order valence-electron chi connectivity index (χ4n) is 1.89. The SMILES string of the molecule is CC(C)=CCNC(=O)c1ccc2c(c1)CNC2. The molecule has 1 amide bonds. The maximum atomic E-state index is 11.9. The fourth-order valence-corrected chi connectivity index (χ4v) is 1.89. The molecule has 0 aromatic heterocycles. The predicted molar refractivity (Wildman–Crippen MR) is 68.7 cm³/mol. The molecule has 2 N–H and O–H groups in total. The molecule has 0 saturated carbocycles. The molecule has 1 aliphatic heterocycles. The van der Waals surface area contributed by atoms with Crippen LogP contribution in [0.15, 0.2) is 29.8 Å². The lowest BCUT2D eigenvalue weighted by Crippen LogP contribution is -2.23. The minimum Gasteiger partial charge on any atom is -0.349 e. The molecule has 0 aliphatic carbocycles. The van der Waals surface area contributed by atoms with Crippen LogP contribution in [0.4, 0.5) is 0 Å². The average molecular weight is 230 g/mol. The predicted octanol–water partition coefficient (Wildman–Crippen LogP) is 1.99. The van der Waals surface area contributed by atoms with E-state index >= 15 is 0 Å². The summed E-state index contributed by atoms with van der Waals surface area (Å²) in [6.45, 7) is 6.41. The van der Waals surface area contributed by atoms with Gasteiger partial charge in [0.2, 0.25) is 0 Å². The van der Waals surface area contributed by atoms with Crippen LogP contribution in [-0.2, 0) is 13.1 Å². The smallest absolute Gasteiger partial charge is 0.251 e. The summed E-state index contributed by atoms with van der Waals surface area (Å²) in [5, 5.41) is 6.16. The van der Waals surface area contributed by atoms with Crippen molar-refractivity contribution < 1.29 is 4.79 Å². The van der Waals surface area contributed by atoms with Gasteiger partial charge >= 0.3 is 0 Å². The van der Waals surface area contributed by atoms with Gasteiger partial charge in [-0.3, -0.25) is 4.79 Å². The summed E-state index contributed by atoms with van der Waals surface area (Å²) in [5.74, 6) is -0.00259. The van der Waals surface area contributed by atoms with Crippen LogP contribution in [0.2, 0.25) is 0 Å². The van der Waals surface area contributed by atoms with E-state index in [9.17, 15) is 4.79 Å². The van der Waals surface area contributed by atoms with Crippen LogP contribution >= 0.6 is 0 Å². The first kappa shape index (κ1) is 11.9. The molecule has 0 fully saturated rings. The van der Waals surface area contributed by atoms with Gasteiger partial charge in [0.05, 0.1) is 0 Å². The maximum absolute atomic E-state index is 11.9. The summed E-state index contributed by atoms with van der Waals surface area (Å²) in [6.07, 6.45) is 2.01. The second-order valence-electron chi connectivity index (χ2n) is 4.58. The number of hydrogen-bond donors (Lipinski definition) is 2. The molecule has 1 heterocycles. The summed E-state index contributed by atoms with van der Waals surface area (Å²) >= 11 is 0. The molecule has 0 unspecified atom stereocenters. The lowest BCUT2D eigenvalue weighted by Gasteiger charge is -2.05. The van der Waals surface area contributed by atoms with E-state index in [1.165, 1.54) is 16.7 Å². The van der Waals surface area contributed by atoms with Gasteiger partial charge in [-0.25, -0.2) is 0 Å². The van der Waals surface area contributed by atoms with Crippen LogP contribution < -0.4 is 10.6 Å². The van der Waals surface area contributed by atoms with Crippen LogP contribution in [0.25, 0.3) is 0 Å². The van der Waals surface area contributed by atoms with Crippen molar-refractivity contribution in [3.05, 3.63) is 46.5 Å². The second-order valence-corrected chi connectivity index (χ2v) is 4.58. The zero-order chi connectivity index (χ0) is 12.3. The van der Waals surface area contributed by atoms with Crippen molar-refractivity contribution in [2.75, 3.05) is 6.54 Å². The lowest BCUT2D eigenvalue weighted by molar-refractivity contribution is 0.0958. The molecule has 2 rings (SSSR count). The number of allylic oxidation sites excluding steroid dienone is 1. The summed E-state index contributed by atoms with van der Waals surface area (Å²) < 4.78 is 0. The van der Waals surface area contributed by atoms with Crippen molar-refractivity contribution in [2.24, 2.45) is 0 Å². The van der Waals surface area contributed by atoms with Crippen LogP contribution in [0, 0.1) is 0 Å². The zero-order valence-electron chi connectivity index (χ0n) is 10.3. The molecule has 0 atom stereocenters. The molecular formula is C14H18N2O. The van der Waals surface area contributed by atoms with E-state index in [4.69, 9.17) is 0 Å². The third kappa shape index (κ3) is 2.94. The van der Waals surface area contributed by atoms with Crippen LogP contribution in [0.3, 0.4) is 0 Å². The first-order valence-corrected chi connectivity index (χ1v) is 5.91. The molecule has 3 heteroatoms. The third-order valence-electron chi connectivity index (χ3n) is 2.87. The highest BCUT2D eigenvalue weighted by Gasteiger charge is 2.12. The van der Waals surface area contributed by atoms with E-state index < -0.39 is 0 Å². The molecule has 90 valence electrons. The monoisotopic (exact) mass is 230 g/mol. The molecule has 0 spiro atoms. The Hall–Kier alpha value is -1.61. The molecule has 0 bridgehead atoms. The summed E-state index contributed by atoms with van der Waals surface area (Å²) in [6, 6.07) is 5.90. The molecule has 3 nitrogen and oxygen atoms in total. The molecule has 0 radical (unpaired) electrons. The highest BCUT2D eigenvalue weighted by molar-refractivity contribution is 5.94. The topological polar surface area (TPSA) is 41.1 Å². The molecular weight excluding hydrogens is 212 g/mol. The summed E-state index contributed by atoms with van der Waals surface area (Å²) in [7, 11) is 0. The van der Waals surface area contributed by atoms with E-state index in [1.807, 2.05) is 38.1 Å². The normalized spacial score (nSPS) is 13.1. The maximum Gasteiger partial charge on any atom is 0.251 e. The Labute approximate surface area is 102 Å². The minimum atomic E-state index is -0.00259. The second kappa shape index (κ2) is 5.15. The lowest BCUT2D eigenvalue weighted by atomic mass is 10.1. The van der Waals surface area contributed by atoms with Crippen LogP contribution in [0.1, 0.15) is 35.3 Å². The van der Waals surface area contributed by atoms with Gasteiger partial charge in [0.25, 0.3) is 5.91 Å². The number of amides is 1. The summed E-state index contributed by atoms with van der Waals surface area (Å²) in [4.78, 5) is 11.9. The molecule has 1 aliphatic rings.